The number of carbonyl (C=O) groups is 1. The Hall–Kier alpha value is -1.40. The van der Waals surface area contributed by atoms with Gasteiger partial charge >= 0.3 is 5.97 Å². The normalized spacial score (nSPS) is 11.4. The molecule has 0 aliphatic rings. The second kappa shape index (κ2) is 6.15. The number of carboxylic acid groups (broad SMARTS) is 1. The molecule has 0 spiro atoms. The summed E-state index contributed by atoms with van der Waals surface area (Å²) < 4.78 is 1.05. The summed E-state index contributed by atoms with van der Waals surface area (Å²) in [5.74, 6) is -0.866. The maximum atomic E-state index is 11.3. The Bertz CT molecular complexity index is 637. The SMILES string of the molecule is CN(Cc1ccc(Br)cc1)c1nc(C(C)(C)C(=O)O)cs1. The zero-order valence-corrected chi connectivity index (χ0v) is 14.5. The van der Waals surface area contributed by atoms with Gasteiger partial charge in [-0.05, 0) is 31.5 Å². The average Bonchev–Trinajstić information content (AvgIpc) is 2.91. The van der Waals surface area contributed by atoms with Crippen molar-refractivity contribution in [1.29, 1.82) is 0 Å². The highest BCUT2D eigenvalue weighted by molar-refractivity contribution is 9.10. The van der Waals surface area contributed by atoms with Crippen LogP contribution in [0.1, 0.15) is 25.1 Å². The quantitative estimate of drug-likeness (QED) is 0.869. The maximum Gasteiger partial charge on any atom is 0.315 e. The molecule has 1 aromatic heterocycles. The molecule has 1 aromatic carbocycles. The predicted molar refractivity (Wildman–Crippen MR) is 89.0 cm³/mol. The molecule has 0 saturated heterocycles. The van der Waals surface area contributed by atoms with E-state index >= 15 is 0 Å². The standard InChI is InChI=1S/C15H17BrN2O2S/c1-15(2,13(19)20)12-9-21-14(17-12)18(3)8-10-4-6-11(16)7-5-10/h4-7,9H,8H2,1-3H3,(H,19,20). The molecule has 1 heterocycles. The zero-order valence-electron chi connectivity index (χ0n) is 12.1. The number of hydrogen-bond donors (Lipinski definition) is 1. The van der Waals surface area contributed by atoms with Gasteiger partial charge in [-0.1, -0.05) is 28.1 Å². The van der Waals surface area contributed by atoms with Crippen molar-refractivity contribution in [2.45, 2.75) is 25.8 Å². The maximum absolute atomic E-state index is 11.3. The average molecular weight is 369 g/mol. The lowest BCUT2D eigenvalue weighted by Crippen LogP contribution is -2.29. The van der Waals surface area contributed by atoms with E-state index in [9.17, 15) is 9.90 Å². The van der Waals surface area contributed by atoms with Crippen molar-refractivity contribution in [3.8, 4) is 0 Å². The predicted octanol–water partition coefficient (Wildman–Crippen LogP) is 3.90. The van der Waals surface area contributed by atoms with Gasteiger partial charge in [0.1, 0.15) is 5.41 Å². The van der Waals surface area contributed by atoms with Crippen molar-refractivity contribution in [2.24, 2.45) is 0 Å². The van der Waals surface area contributed by atoms with E-state index in [0.717, 1.165) is 16.1 Å². The first-order chi connectivity index (χ1) is 9.80. The molecule has 21 heavy (non-hydrogen) atoms. The second-order valence-electron chi connectivity index (χ2n) is 5.43. The number of halogens is 1. The summed E-state index contributed by atoms with van der Waals surface area (Å²) >= 11 is 4.88. The lowest BCUT2D eigenvalue weighted by Gasteiger charge is -2.18. The summed E-state index contributed by atoms with van der Waals surface area (Å²) in [4.78, 5) is 17.8. The van der Waals surface area contributed by atoms with E-state index in [1.807, 2.05) is 29.5 Å². The number of hydrogen-bond acceptors (Lipinski definition) is 4. The smallest absolute Gasteiger partial charge is 0.315 e. The molecular formula is C15H17BrN2O2S. The van der Waals surface area contributed by atoms with Gasteiger partial charge in [0.25, 0.3) is 0 Å². The van der Waals surface area contributed by atoms with E-state index in [-0.39, 0.29) is 0 Å². The van der Waals surface area contributed by atoms with Crippen LogP contribution in [0.2, 0.25) is 0 Å². The number of carboxylic acids is 1. The topological polar surface area (TPSA) is 53.4 Å². The molecule has 0 saturated carbocycles. The molecule has 0 fully saturated rings. The lowest BCUT2D eigenvalue weighted by atomic mass is 9.90. The van der Waals surface area contributed by atoms with E-state index in [4.69, 9.17) is 0 Å². The Kier molecular flexibility index (Phi) is 4.68. The number of aromatic nitrogens is 1. The van der Waals surface area contributed by atoms with Crippen LogP contribution in [-0.4, -0.2) is 23.1 Å². The van der Waals surface area contributed by atoms with Gasteiger partial charge in [-0.3, -0.25) is 4.79 Å². The molecule has 6 heteroatoms. The molecular weight excluding hydrogens is 352 g/mol. The first-order valence-corrected chi connectivity index (χ1v) is 8.13. The lowest BCUT2D eigenvalue weighted by molar-refractivity contribution is -0.142. The van der Waals surface area contributed by atoms with Gasteiger partial charge in [0.05, 0.1) is 5.69 Å². The van der Waals surface area contributed by atoms with Crippen LogP contribution >= 0.6 is 27.3 Å². The highest BCUT2D eigenvalue weighted by Crippen LogP contribution is 2.29. The van der Waals surface area contributed by atoms with Crippen LogP contribution in [0, 0.1) is 0 Å². The molecule has 0 radical (unpaired) electrons. The summed E-state index contributed by atoms with van der Waals surface area (Å²) in [5.41, 5.74) is 0.806. The van der Waals surface area contributed by atoms with Crippen LogP contribution in [0.15, 0.2) is 34.1 Å². The first kappa shape index (κ1) is 16.0. The van der Waals surface area contributed by atoms with Crippen molar-refractivity contribution in [2.75, 3.05) is 11.9 Å². The second-order valence-corrected chi connectivity index (χ2v) is 7.18. The summed E-state index contributed by atoms with van der Waals surface area (Å²) in [6.07, 6.45) is 0. The molecule has 0 aliphatic carbocycles. The van der Waals surface area contributed by atoms with E-state index < -0.39 is 11.4 Å². The minimum Gasteiger partial charge on any atom is -0.481 e. The number of rotatable bonds is 5. The fourth-order valence-corrected chi connectivity index (χ4v) is 2.99. The van der Waals surface area contributed by atoms with Crippen LogP contribution in [0.5, 0.6) is 0 Å². The third-order valence-corrected chi connectivity index (χ3v) is 4.81. The van der Waals surface area contributed by atoms with Crippen LogP contribution in [0.4, 0.5) is 5.13 Å². The van der Waals surface area contributed by atoms with Crippen LogP contribution in [0.25, 0.3) is 0 Å². The molecule has 4 nitrogen and oxygen atoms in total. The third kappa shape index (κ3) is 3.63. The summed E-state index contributed by atoms with van der Waals surface area (Å²) in [6.45, 7) is 4.07. The van der Waals surface area contributed by atoms with E-state index in [1.165, 1.54) is 16.9 Å². The van der Waals surface area contributed by atoms with E-state index in [0.29, 0.717) is 5.69 Å². The summed E-state index contributed by atoms with van der Waals surface area (Å²) in [5, 5.41) is 11.9. The van der Waals surface area contributed by atoms with E-state index in [2.05, 4.69) is 33.0 Å². The number of aliphatic carboxylic acids is 1. The van der Waals surface area contributed by atoms with Gasteiger partial charge in [0, 0.05) is 23.4 Å². The molecule has 1 N–H and O–H groups in total. The minimum absolute atomic E-state index is 0.595. The first-order valence-electron chi connectivity index (χ1n) is 6.45. The number of benzene rings is 1. The third-order valence-electron chi connectivity index (χ3n) is 3.33. The van der Waals surface area contributed by atoms with Crippen LogP contribution < -0.4 is 4.90 Å². The van der Waals surface area contributed by atoms with Gasteiger partial charge in [-0.25, -0.2) is 4.98 Å². The highest BCUT2D eigenvalue weighted by atomic mass is 79.9. The van der Waals surface area contributed by atoms with Crippen molar-refractivity contribution in [1.82, 2.24) is 4.98 Å². The van der Waals surface area contributed by atoms with Crippen molar-refractivity contribution in [3.05, 3.63) is 45.4 Å². The Balaban J connectivity index is 2.14. The van der Waals surface area contributed by atoms with Gasteiger partial charge < -0.3 is 10.0 Å². The molecule has 2 rings (SSSR count). The zero-order chi connectivity index (χ0) is 15.6. The van der Waals surface area contributed by atoms with Gasteiger partial charge in [-0.2, -0.15) is 0 Å². The van der Waals surface area contributed by atoms with Gasteiger partial charge in [0.15, 0.2) is 5.13 Å². The Labute approximate surface area is 136 Å². The van der Waals surface area contributed by atoms with Crippen molar-refractivity contribution >= 4 is 38.4 Å². The van der Waals surface area contributed by atoms with E-state index in [1.54, 1.807) is 13.8 Å². The molecule has 0 bridgehead atoms. The Morgan fingerprint density at radius 2 is 2.00 bits per heavy atom. The molecule has 0 amide bonds. The fourth-order valence-electron chi connectivity index (χ4n) is 1.77. The molecule has 112 valence electrons. The Morgan fingerprint density at radius 1 is 1.38 bits per heavy atom. The van der Waals surface area contributed by atoms with Crippen molar-refractivity contribution in [3.63, 3.8) is 0 Å². The van der Waals surface area contributed by atoms with Crippen LogP contribution in [0.3, 0.4) is 0 Å². The van der Waals surface area contributed by atoms with Gasteiger partial charge in [-0.15, -0.1) is 11.3 Å². The fraction of sp³-hybridized carbons (Fsp3) is 0.333. The van der Waals surface area contributed by atoms with Gasteiger partial charge in [0.2, 0.25) is 0 Å². The highest BCUT2D eigenvalue weighted by Gasteiger charge is 2.32. The largest absolute Gasteiger partial charge is 0.481 e. The molecule has 0 aliphatic heterocycles. The summed E-state index contributed by atoms with van der Waals surface area (Å²) in [6, 6.07) is 8.11. The monoisotopic (exact) mass is 368 g/mol. The molecule has 0 unspecified atom stereocenters. The summed E-state index contributed by atoms with van der Waals surface area (Å²) in [7, 11) is 1.96. The number of anilines is 1. The number of thiazole rings is 1. The minimum atomic E-state index is -0.965. The molecule has 0 atom stereocenters. The Morgan fingerprint density at radius 3 is 2.57 bits per heavy atom. The number of nitrogens with zero attached hydrogens (tertiary/aromatic N) is 2. The molecule has 2 aromatic rings. The van der Waals surface area contributed by atoms with Crippen molar-refractivity contribution < 1.29 is 9.90 Å². The van der Waals surface area contributed by atoms with Crippen LogP contribution in [-0.2, 0) is 16.8 Å².